The van der Waals surface area contributed by atoms with Gasteiger partial charge in [0.15, 0.2) is 17.5 Å². The summed E-state index contributed by atoms with van der Waals surface area (Å²) < 4.78 is 10.8. The lowest BCUT2D eigenvalue weighted by molar-refractivity contribution is 0.952. The zero-order valence-electron chi connectivity index (χ0n) is 80.4. The van der Waals surface area contributed by atoms with E-state index >= 15 is 0 Å². The molecule has 0 aliphatic rings. The molecule has 0 amide bonds. The van der Waals surface area contributed by atoms with E-state index in [4.69, 9.17) is 29.9 Å². The third-order valence-corrected chi connectivity index (χ3v) is 31.5. The fourth-order valence-corrected chi connectivity index (χ4v) is 25.1. The third kappa shape index (κ3) is 16.4. The SMILES string of the molecule is c1ccc(-c2sc3c(ccc4c3c3ccccc3n4-c3cccc(-c4cc(-c5ccncc5)cc(-c5ccncc5)n4)c3)c2-c2ccccc2)cc1.c1ccc(-c2sc3c(ccc4c3c3ccccc3n4-c3cccc(-c4nc(-c5ccncc5)cc(-c5ccncc5)n4)c3)c2-c2ccccc2)cc1.c1ccc(-c2sc3c(ccc4c3c3ccccc3n4-c3nc(-c4ccncc4)nc(-c4ccncc4)n3)c2-c2ccccc2)cc1. The Kier molecular flexibility index (Phi) is 23.2. The zero-order chi connectivity index (χ0) is 99.3. The second kappa shape index (κ2) is 38.9. The van der Waals surface area contributed by atoms with E-state index in [2.05, 4.69) is 395 Å². The highest BCUT2D eigenvalue weighted by Crippen LogP contribution is 2.54. The van der Waals surface area contributed by atoms with Crippen molar-refractivity contribution in [1.82, 2.24) is 73.5 Å². The molecule has 0 unspecified atom stereocenters. The van der Waals surface area contributed by atoms with Gasteiger partial charge >= 0.3 is 0 Å². The molecule has 150 heavy (non-hydrogen) atoms. The maximum atomic E-state index is 5.21. The smallest absolute Gasteiger partial charge is 0.238 e. The Morgan fingerprint density at radius 2 is 0.440 bits per heavy atom. The van der Waals surface area contributed by atoms with E-state index < -0.39 is 0 Å². The van der Waals surface area contributed by atoms with Gasteiger partial charge in [0.05, 0.1) is 55.9 Å². The van der Waals surface area contributed by atoms with Gasteiger partial charge in [-0.3, -0.25) is 34.5 Å². The van der Waals surface area contributed by atoms with Crippen molar-refractivity contribution < 1.29 is 0 Å². The topological polar surface area (TPSA) is 169 Å². The van der Waals surface area contributed by atoms with E-state index in [9.17, 15) is 0 Å². The van der Waals surface area contributed by atoms with Gasteiger partial charge < -0.3 is 9.13 Å². The first-order chi connectivity index (χ1) is 74.4. The molecular formula is C132H83N15S3. The number of benzene rings is 14. The molecule has 0 saturated carbocycles. The summed E-state index contributed by atoms with van der Waals surface area (Å²) in [4.78, 5) is 59.6. The van der Waals surface area contributed by atoms with Gasteiger partial charge in [0.25, 0.3) is 0 Å². The normalized spacial score (nSPS) is 11.5. The van der Waals surface area contributed by atoms with E-state index in [1.807, 2.05) is 138 Å². The average molecular weight is 1980 g/mol. The van der Waals surface area contributed by atoms with Crippen molar-refractivity contribution in [3.63, 3.8) is 0 Å². The van der Waals surface area contributed by atoms with Crippen molar-refractivity contribution in [2.24, 2.45) is 0 Å². The van der Waals surface area contributed by atoms with Gasteiger partial charge in [-0.1, -0.05) is 279 Å². The third-order valence-electron chi connectivity index (χ3n) is 27.7. The summed E-state index contributed by atoms with van der Waals surface area (Å²) in [7, 11) is 0. The molecule has 704 valence electrons. The van der Waals surface area contributed by atoms with Crippen LogP contribution in [0, 0.1) is 0 Å². The summed E-state index contributed by atoms with van der Waals surface area (Å²) in [5, 5.41) is 11.1. The number of hydrogen-bond acceptors (Lipinski definition) is 15. The van der Waals surface area contributed by atoms with Crippen molar-refractivity contribution in [2.75, 3.05) is 0 Å². The molecule has 0 atom stereocenters. The number of rotatable bonds is 17. The minimum absolute atomic E-state index is 0.558. The Labute approximate surface area is 873 Å². The Bertz CT molecular complexity index is 9530. The summed E-state index contributed by atoms with van der Waals surface area (Å²) in [5.41, 5.74) is 32.4. The molecule has 0 aliphatic carbocycles. The van der Waals surface area contributed by atoms with E-state index in [1.165, 1.54) is 133 Å². The zero-order valence-corrected chi connectivity index (χ0v) is 82.8. The molecule has 0 saturated heterocycles. The maximum absolute atomic E-state index is 5.21. The minimum Gasteiger partial charge on any atom is -0.309 e. The van der Waals surface area contributed by atoms with Crippen molar-refractivity contribution >= 4 is 130 Å². The van der Waals surface area contributed by atoms with Crippen molar-refractivity contribution in [3.05, 3.63) is 505 Å². The summed E-state index contributed by atoms with van der Waals surface area (Å²) in [6, 6.07) is 152. The van der Waals surface area contributed by atoms with Crippen molar-refractivity contribution in [3.8, 4) is 172 Å². The lowest BCUT2D eigenvalue weighted by Gasteiger charge is -2.13. The summed E-state index contributed by atoms with van der Waals surface area (Å²) >= 11 is 5.62. The number of para-hydroxylation sites is 3. The maximum Gasteiger partial charge on any atom is 0.238 e. The predicted molar refractivity (Wildman–Crippen MR) is 618 cm³/mol. The number of thiophene rings is 3. The Morgan fingerprint density at radius 1 is 0.160 bits per heavy atom. The predicted octanol–water partition coefficient (Wildman–Crippen LogP) is 34.1. The number of hydrogen-bond donors (Lipinski definition) is 0. The molecule has 0 spiro atoms. The summed E-state index contributed by atoms with van der Waals surface area (Å²) in [5.74, 6) is 2.38. The molecule has 0 bridgehead atoms. The molecule has 0 aliphatic heterocycles. The van der Waals surface area contributed by atoms with Crippen LogP contribution in [0.5, 0.6) is 0 Å². The Morgan fingerprint density at radius 3 is 0.807 bits per heavy atom. The van der Waals surface area contributed by atoms with Gasteiger partial charge in [-0.05, 0) is 196 Å². The fraction of sp³-hybridized carbons (Fsp3) is 0. The van der Waals surface area contributed by atoms with E-state index in [-0.39, 0.29) is 0 Å². The average Bonchev–Trinajstić information content (AvgIpc) is 1.56. The molecule has 0 fully saturated rings. The number of fused-ring (bicyclic) bond motifs is 15. The largest absolute Gasteiger partial charge is 0.309 e. The Balaban J connectivity index is 0.000000111. The second-order valence-electron chi connectivity index (χ2n) is 36.6. The quantitative estimate of drug-likeness (QED) is 0.0847. The standard InChI is InChI=1S/C47H30N4S.C46H29N5S.C39H24N6S/c1-3-10-33(11-4-1)44-39-18-19-43-45(47(39)52-46(44)34-12-5-2-6-13-34)38-16-7-8-17-42(38)51(43)37-15-9-14-35(28-37)41-30-36(31-20-24-48-25-21-31)29-40(50-41)32-22-26-49-27-23-32;1-3-10-32(11-4-1)42-37-18-19-41-43(45(37)52-44(42)33-12-5-2-6-13-33)36-16-7-8-17-40(36)51(41)35-15-9-14-34(28-35)46-49-38(30-20-24-47-25-21-30)29-39(50-46)31-22-26-48-27-23-31;1-3-9-25(10-4-1)33-30-15-16-32-34(36(30)46-35(33)26-11-5-2-6-12-26)29-13-7-8-14-31(29)45(32)39-43-37(27-17-21-40-22-18-27)42-38(44-39)28-19-23-41-24-20-28/h1-30H;1-29H;1-24H. The van der Waals surface area contributed by atoms with Crippen LogP contribution in [0.25, 0.3) is 268 Å². The molecule has 0 N–H and O–H groups in total. The number of pyridine rings is 7. The highest BCUT2D eigenvalue weighted by Gasteiger charge is 2.29. The summed E-state index contributed by atoms with van der Waals surface area (Å²) in [6.45, 7) is 0. The molecule has 18 heteroatoms. The van der Waals surface area contributed by atoms with Crippen molar-refractivity contribution in [2.45, 2.75) is 0 Å². The highest BCUT2D eigenvalue weighted by atomic mass is 32.1. The van der Waals surface area contributed by atoms with E-state index in [0.717, 1.165) is 112 Å². The first-order valence-corrected chi connectivity index (χ1v) is 52.0. The van der Waals surface area contributed by atoms with E-state index in [1.54, 1.807) is 49.6 Å². The lowest BCUT2D eigenvalue weighted by atomic mass is 9.98. The van der Waals surface area contributed by atoms with Gasteiger partial charge in [0.2, 0.25) is 5.95 Å². The van der Waals surface area contributed by atoms with Gasteiger partial charge in [-0.25, -0.2) is 19.9 Å². The van der Waals surface area contributed by atoms with Gasteiger partial charge in [0, 0.05) is 219 Å². The molecule has 15 nitrogen and oxygen atoms in total. The van der Waals surface area contributed by atoms with E-state index in [0.29, 0.717) is 23.4 Å². The van der Waals surface area contributed by atoms with Crippen molar-refractivity contribution in [1.29, 1.82) is 0 Å². The van der Waals surface area contributed by atoms with Crippen LogP contribution in [0.4, 0.5) is 0 Å². The van der Waals surface area contributed by atoms with Crippen LogP contribution >= 0.6 is 34.0 Å². The summed E-state index contributed by atoms with van der Waals surface area (Å²) in [6.07, 6.45) is 21.5. The van der Waals surface area contributed by atoms with Crippen LogP contribution in [-0.2, 0) is 0 Å². The molecule has 0 radical (unpaired) electrons. The Hall–Kier alpha value is -19.5. The monoisotopic (exact) mass is 1970 g/mol. The van der Waals surface area contributed by atoms with Gasteiger partial charge in [-0.2, -0.15) is 9.97 Å². The highest BCUT2D eigenvalue weighted by molar-refractivity contribution is 7.25. The van der Waals surface area contributed by atoms with Crippen LogP contribution in [-0.4, -0.2) is 73.5 Å². The molecular weight excluding hydrogens is 1890 g/mol. The molecule has 14 aromatic carbocycles. The molecule has 15 heterocycles. The van der Waals surface area contributed by atoms with Crippen LogP contribution < -0.4 is 0 Å². The molecule has 29 rings (SSSR count). The first kappa shape index (κ1) is 89.4. The molecule has 29 aromatic rings. The van der Waals surface area contributed by atoms with Crippen LogP contribution in [0.2, 0.25) is 0 Å². The lowest BCUT2D eigenvalue weighted by Crippen LogP contribution is -2.06. The van der Waals surface area contributed by atoms with Crippen LogP contribution in [0.3, 0.4) is 0 Å². The van der Waals surface area contributed by atoms with Crippen LogP contribution in [0.1, 0.15) is 0 Å². The van der Waals surface area contributed by atoms with Gasteiger partial charge in [-0.15, -0.1) is 34.0 Å². The second-order valence-corrected chi connectivity index (χ2v) is 39.6. The number of aromatic nitrogens is 15. The minimum atomic E-state index is 0.558. The molecule has 15 aromatic heterocycles. The van der Waals surface area contributed by atoms with Crippen LogP contribution in [0.15, 0.2) is 505 Å². The fourth-order valence-electron chi connectivity index (χ4n) is 20.9. The van der Waals surface area contributed by atoms with Gasteiger partial charge in [0.1, 0.15) is 0 Å². The number of nitrogens with zero attached hydrogens (tertiary/aromatic N) is 15. The first-order valence-electron chi connectivity index (χ1n) is 49.5.